The Morgan fingerprint density at radius 3 is 2.43 bits per heavy atom. The van der Waals surface area contributed by atoms with E-state index < -0.39 is 0 Å². The highest BCUT2D eigenvalue weighted by Gasteiger charge is 2.20. The van der Waals surface area contributed by atoms with Crippen molar-refractivity contribution in [3.05, 3.63) is 59.6 Å². The number of para-hydroxylation sites is 2. The second-order valence-corrected chi connectivity index (χ2v) is 5.64. The van der Waals surface area contributed by atoms with Crippen LogP contribution in [0.5, 0.6) is 0 Å². The molecule has 0 saturated carbocycles. The lowest BCUT2D eigenvalue weighted by Crippen LogP contribution is -2.42. The third-order valence-electron chi connectivity index (χ3n) is 3.67. The van der Waals surface area contributed by atoms with Crippen LogP contribution in [0.2, 0.25) is 5.02 Å². The summed E-state index contributed by atoms with van der Waals surface area (Å²) >= 11 is 6.07. The van der Waals surface area contributed by atoms with Crippen LogP contribution in [0.3, 0.4) is 0 Å². The highest BCUT2D eigenvalue weighted by Crippen LogP contribution is 2.22. The lowest BCUT2D eigenvalue weighted by atomic mass is 10.1. The molecule has 2 N–H and O–H groups in total. The Hall–Kier alpha value is -2.04. The molecule has 5 heteroatoms. The molecule has 0 fully saturated rings. The SMILES string of the molecule is CCC(CO)N(CC(=O)Nc1ccccc1Cl)c1ccccc1. The van der Waals surface area contributed by atoms with Gasteiger partial charge in [-0.1, -0.05) is 48.9 Å². The van der Waals surface area contributed by atoms with Crippen molar-refractivity contribution in [2.75, 3.05) is 23.4 Å². The minimum Gasteiger partial charge on any atom is -0.394 e. The van der Waals surface area contributed by atoms with Crippen molar-refractivity contribution in [2.45, 2.75) is 19.4 Å². The maximum Gasteiger partial charge on any atom is 0.243 e. The van der Waals surface area contributed by atoms with Crippen LogP contribution in [0.15, 0.2) is 54.6 Å². The first-order valence-electron chi connectivity index (χ1n) is 7.62. The number of rotatable bonds is 7. The van der Waals surface area contributed by atoms with Gasteiger partial charge in [0, 0.05) is 5.69 Å². The Labute approximate surface area is 141 Å². The van der Waals surface area contributed by atoms with Crippen LogP contribution < -0.4 is 10.2 Å². The summed E-state index contributed by atoms with van der Waals surface area (Å²) < 4.78 is 0. The van der Waals surface area contributed by atoms with E-state index in [0.717, 1.165) is 12.1 Å². The molecule has 1 atom stereocenters. The Morgan fingerprint density at radius 2 is 1.83 bits per heavy atom. The van der Waals surface area contributed by atoms with Crippen LogP contribution in [0, 0.1) is 0 Å². The molecule has 0 aromatic heterocycles. The number of aliphatic hydroxyl groups excluding tert-OH is 1. The van der Waals surface area contributed by atoms with Crippen LogP contribution >= 0.6 is 11.6 Å². The third-order valence-corrected chi connectivity index (χ3v) is 4.00. The lowest BCUT2D eigenvalue weighted by Gasteiger charge is -2.31. The highest BCUT2D eigenvalue weighted by molar-refractivity contribution is 6.33. The van der Waals surface area contributed by atoms with Crippen LogP contribution in [0.25, 0.3) is 0 Å². The number of carbonyl (C=O) groups excluding carboxylic acids is 1. The predicted octanol–water partition coefficient (Wildman–Crippen LogP) is 3.56. The second-order valence-electron chi connectivity index (χ2n) is 5.24. The van der Waals surface area contributed by atoms with Crippen LogP contribution in [-0.4, -0.2) is 30.2 Å². The molecule has 0 aliphatic heterocycles. The lowest BCUT2D eigenvalue weighted by molar-refractivity contribution is -0.115. The third kappa shape index (κ3) is 4.71. The molecule has 0 spiro atoms. The molecule has 2 aromatic rings. The monoisotopic (exact) mass is 332 g/mol. The average Bonchev–Trinajstić information content (AvgIpc) is 2.58. The van der Waals surface area contributed by atoms with E-state index in [-0.39, 0.29) is 25.1 Å². The molecule has 0 radical (unpaired) electrons. The maximum atomic E-state index is 12.4. The van der Waals surface area contributed by atoms with Gasteiger partial charge in [-0.15, -0.1) is 0 Å². The van der Waals surface area contributed by atoms with Gasteiger partial charge in [0.2, 0.25) is 5.91 Å². The van der Waals surface area contributed by atoms with Gasteiger partial charge in [0.25, 0.3) is 0 Å². The van der Waals surface area contributed by atoms with E-state index in [1.807, 2.05) is 54.3 Å². The van der Waals surface area contributed by atoms with E-state index in [0.29, 0.717) is 10.7 Å². The van der Waals surface area contributed by atoms with E-state index >= 15 is 0 Å². The summed E-state index contributed by atoms with van der Waals surface area (Å²) in [6.07, 6.45) is 0.741. The molecular weight excluding hydrogens is 312 g/mol. The van der Waals surface area contributed by atoms with Gasteiger partial charge in [0.1, 0.15) is 0 Å². The summed E-state index contributed by atoms with van der Waals surface area (Å²) in [5.74, 6) is -0.172. The quantitative estimate of drug-likeness (QED) is 0.815. The van der Waals surface area contributed by atoms with Gasteiger partial charge in [-0.3, -0.25) is 4.79 Å². The number of aliphatic hydroxyl groups is 1. The van der Waals surface area contributed by atoms with Crippen molar-refractivity contribution < 1.29 is 9.90 Å². The number of halogens is 1. The maximum absolute atomic E-state index is 12.4. The first-order valence-corrected chi connectivity index (χ1v) is 8.00. The van der Waals surface area contributed by atoms with Crippen molar-refractivity contribution in [2.24, 2.45) is 0 Å². The summed E-state index contributed by atoms with van der Waals surface area (Å²) in [6, 6.07) is 16.6. The number of benzene rings is 2. The summed E-state index contributed by atoms with van der Waals surface area (Å²) in [5.41, 5.74) is 1.49. The number of anilines is 2. The van der Waals surface area contributed by atoms with Gasteiger partial charge in [0.05, 0.1) is 29.9 Å². The average molecular weight is 333 g/mol. The number of hydrogen-bond donors (Lipinski definition) is 2. The number of carbonyl (C=O) groups is 1. The van der Waals surface area contributed by atoms with Gasteiger partial charge in [-0.2, -0.15) is 0 Å². The molecule has 0 heterocycles. The van der Waals surface area contributed by atoms with Crippen LogP contribution in [0.4, 0.5) is 11.4 Å². The smallest absolute Gasteiger partial charge is 0.243 e. The van der Waals surface area contributed by atoms with Crippen molar-refractivity contribution in [1.29, 1.82) is 0 Å². The number of nitrogens with one attached hydrogen (secondary N) is 1. The van der Waals surface area contributed by atoms with Gasteiger partial charge in [0.15, 0.2) is 0 Å². The molecule has 2 aromatic carbocycles. The molecular formula is C18H21ClN2O2. The van der Waals surface area contributed by atoms with Crippen molar-refractivity contribution in [3.63, 3.8) is 0 Å². The van der Waals surface area contributed by atoms with Gasteiger partial charge in [-0.05, 0) is 30.7 Å². The van der Waals surface area contributed by atoms with Gasteiger partial charge in [-0.25, -0.2) is 0 Å². The van der Waals surface area contributed by atoms with Gasteiger partial charge >= 0.3 is 0 Å². The topological polar surface area (TPSA) is 52.6 Å². The molecule has 0 aliphatic rings. The minimum atomic E-state index is -0.172. The zero-order valence-corrected chi connectivity index (χ0v) is 13.8. The Kier molecular flexibility index (Phi) is 6.44. The molecule has 2 rings (SSSR count). The highest BCUT2D eigenvalue weighted by atomic mass is 35.5. The standard InChI is InChI=1S/C18H21ClN2O2/c1-2-14(13-22)21(15-8-4-3-5-9-15)12-18(23)20-17-11-7-6-10-16(17)19/h3-11,14,22H,2,12-13H2,1H3,(H,20,23). The molecule has 0 aliphatic carbocycles. The van der Waals surface area contributed by atoms with Crippen LogP contribution in [-0.2, 0) is 4.79 Å². The Balaban J connectivity index is 2.14. The van der Waals surface area contributed by atoms with Crippen LogP contribution in [0.1, 0.15) is 13.3 Å². The van der Waals surface area contributed by atoms with E-state index in [1.165, 1.54) is 0 Å². The summed E-state index contributed by atoms with van der Waals surface area (Å²) in [7, 11) is 0. The zero-order valence-electron chi connectivity index (χ0n) is 13.1. The molecule has 1 unspecified atom stereocenters. The van der Waals surface area contributed by atoms with Crippen molar-refractivity contribution >= 4 is 28.9 Å². The largest absolute Gasteiger partial charge is 0.394 e. The number of amides is 1. The van der Waals surface area contributed by atoms with E-state index in [4.69, 9.17) is 11.6 Å². The fraction of sp³-hybridized carbons (Fsp3) is 0.278. The minimum absolute atomic E-state index is 0.00916. The molecule has 122 valence electrons. The zero-order chi connectivity index (χ0) is 16.7. The molecule has 1 amide bonds. The van der Waals surface area contributed by atoms with E-state index in [1.54, 1.807) is 12.1 Å². The number of nitrogens with zero attached hydrogens (tertiary/aromatic N) is 1. The molecule has 0 bridgehead atoms. The molecule has 0 saturated heterocycles. The fourth-order valence-corrected chi connectivity index (χ4v) is 2.59. The first-order chi connectivity index (χ1) is 11.2. The fourth-order valence-electron chi connectivity index (χ4n) is 2.41. The summed E-state index contributed by atoms with van der Waals surface area (Å²) in [6.45, 7) is 2.13. The second kappa shape index (κ2) is 8.56. The normalized spacial score (nSPS) is 11.8. The van der Waals surface area contributed by atoms with Gasteiger partial charge < -0.3 is 15.3 Å². The molecule has 4 nitrogen and oxygen atoms in total. The van der Waals surface area contributed by atoms with Crippen molar-refractivity contribution in [3.8, 4) is 0 Å². The Morgan fingerprint density at radius 1 is 1.17 bits per heavy atom. The Bertz CT molecular complexity index is 630. The van der Waals surface area contributed by atoms with E-state index in [2.05, 4.69) is 5.32 Å². The van der Waals surface area contributed by atoms with Crippen molar-refractivity contribution in [1.82, 2.24) is 0 Å². The van der Waals surface area contributed by atoms with E-state index in [9.17, 15) is 9.90 Å². The molecule has 23 heavy (non-hydrogen) atoms. The number of hydrogen-bond acceptors (Lipinski definition) is 3. The summed E-state index contributed by atoms with van der Waals surface area (Å²) in [4.78, 5) is 14.3. The summed E-state index contributed by atoms with van der Waals surface area (Å²) in [5, 5.41) is 12.9. The predicted molar refractivity (Wildman–Crippen MR) is 95.0 cm³/mol. The first kappa shape index (κ1) is 17.3.